The molecule has 124 valence electrons. The molecule has 0 saturated heterocycles. The van der Waals surface area contributed by atoms with Gasteiger partial charge in [-0.1, -0.05) is 18.2 Å². The van der Waals surface area contributed by atoms with Crippen LogP contribution in [0.3, 0.4) is 0 Å². The summed E-state index contributed by atoms with van der Waals surface area (Å²) < 4.78 is 27.1. The highest BCUT2D eigenvalue weighted by Crippen LogP contribution is 2.22. The fourth-order valence-electron chi connectivity index (χ4n) is 2.27. The van der Waals surface area contributed by atoms with Crippen molar-refractivity contribution in [2.75, 3.05) is 16.2 Å². The van der Waals surface area contributed by atoms with E-state index in [4.69, 9.17) is 0 Å². The first-order chi connectivity index (χ1) is 10.7. The second-order valence-corrected chi connectivity index (χ2v) is 8.18. The van der Waals surface area contributed by atoms with Crippen LogP contribution in [0.25, 0.3) is 0 Å². The molecular formula is C17H24N3O2S+. The number of nitrogens with zero attached hydrogens (tertiary/aromatic N) is 1. The average Bonchev–Trinajstić information content (AvgIpc) is 2.47. The predicted octanol–water partition coefficient (Wildman–Crippen LogP) is 2.93. The molecule has 5 nitrogen and oxygen atoms in total. The molecule has 1 aromatic carbocycles. The number of benzene rings is 1. The number of nitrogens with one attached hydrogen (secondary N) is 2. The van der Waals surface area contributed by atoms with E-state index in [1.807, 2.05) is 45.9 Å². The van der Waals surface area contributed by atoms with Gasteiger partial charge in [0.25, 0.3) is 15.8 Å². The van der Waals surface area contributed by atoms with Gasteiger partial charge in [0, 0.05) is 12.6 Å². The summed E-state index contributed by atoms with van der Waals surface area (Å²) in [5, 5.41) is 3.27. The van der Waals surface area contributed by atoms with Crippen molar-refractivity contribution in [2.45, 2.75) is 38.1 Å². The third-order valence-corrected chi connectivity index (χ3v) is 5.11. The van der Waals surface area contributed by atoms with Gasteiger partial charge in [0.2, 0.25) is 0 Å². The fourth-order valence-corrected chi connectivity index (χ4v) is 3.71. The number of H-pyrrole nitrogens is 1. The number of sulfonamides is 1. The van der Waals surface area contributed by atoms with Gasteiger partial charge in [0.05, 0.1) is 11.2 Å². The summed E-state index contributed by atoms with van der Waals surface area (Å²) in [6.07, 6.45) is 1.52. The maximum absolute atomic E-state index is 12.8. The van der Waals surface area contributed by atoms with Crippen molar-refractivity contribution in [1.82, 2.24) is 0 Å². The Balaban J connectivity index is 2.32. The molecule has 0 amide bonds. The molecule has 0 atom stereocenters. The molecule has 0 aliphatic carbocycles. The Morgan fingerprint density at radius 3 is 2.22 bits per heavy atom. The Kier molecular flexibility index (Phi) is 4.94. The smallest absolute Gasteiger partial charge is 0.270 e. The minimum absolute atomic E-state index is 0.101. The van der Waals surface area contributed by atoms with Crippen LogP contribution in [-0.2, 0) is 10.0 Å². The first-order valence-corrected chi connectivity index (χ1v) is 9.06. The number of aromatic amines is 1. The molecule has 1 heterocycles. The minimum atomic E-state index is -3.59. The standard InChI is InChI=1S/C17H23N3O2S/c1-5-20(14-9-7-6-8-10-14)23(21,22)15-11-12-16(18-13-15)19-17(2,3)4/h6-13H,5H2,1-4H3,(H,18,19)/p+1. The summed E-state index contributed by atoms with van der Waals surface area (Å²) >= 11 is 0. The van der Waals surface area contributed by atoms with Crippen LogP contribution in [0.15, 0.2) is 53.6 Å². The second-order valence-electron chi connectivity index (χ2n) is 6.32. The molecule has 2 N–H and O–H groups in total. The van der Waals surface area contributed by atoms with E-state index >= 15 is 0 Å². The number of aromatic nitrogens is 1. The van der Waals surface area contributed by atoms with Crippen molar-refractivity contribution in [2.24, 2.45) is 0 Å². The molecule has 0 bridgehead atoms. The van der Waals surface area contributed by atoms with Crippen LogP contribution >= 0.6 is 0 Å². The Morgan fingerprint density at radius 2 is 1.74 bits per heavy atom. The van der Waals surface area contributed by atoms with E-state index in [9.17, 15) is 8.42 Å². The van der Waals surface area contributed by atoms with Crippen molar-refractivity contribution in [1.29, 1.82) is 0 Å². The maximum Gasteiger partial charge on any atom is 0.272 e. The Bertz CT molecular complexity index is 736. The molecule has 1 aromatic heterocycles. The van der Waals surface area contributed by atoms with Crippen molar-refractivity contribution >= 4 is 21.5 Å². The van der Waals surface area contributed by atoms with E-state index < -0.39 is 10.0 Å². The summed E-state index contributed by atoms with van der Waals surface area (Å²) in [5.74, 6) is 0.777. The van der Waals surface area contributed by atoms with E-state index in [0.717, 1.165) is 5.82 Å². The van der Waals surface area contributed by atoms with Crippen LogP contribution in [0.1, 0.15) is 27.7 Å². The van der Waals surface area contributed by atoms with Crippen LogP contribution in [0.2, 0.25) is 0 Å². The first-order valence-electron chi connectivity index (χ1n) is 7.62. The third-order valence-electron chi connectivity index (χ3n) is 3.21. The molecule has 2 rings (SSSR count). The normalized spacial score (nSPS) is 12.0. The quantitative estimate of drug-likeness (QED) is 0.914. The van der Waals surface area contributed by atoms with Crippen LogP contribution < -0.4 is 14.6 Å². The van der Waals surface area contributed by atoms with Crippen LogP contribution in [0.4, 0.5) is 11.5 Å². The van der Waals surface area contributed by atoms with Gasteiger partial charge in [-0.25, -0.2) is 13.4 Å². The molecule has 0 aliphatic heterocycles. The summed E-state index contributed by atoms with van der Waals surface area (Å²) in [4.78, 5) is 3.25. The van der Waals surface area contributed by atoms with E-state index in [0.29, 0.717) is 12.2 Å². The Hall–Kier alpha value is -2.08. The lowest BCUT2D eigenvalue weighted by molar-refractivity contribution is -0.364. The van der Waals surface area contributed by atoms with Crippen LogP contribution in [-0.4, -0.2) is 20.5 Å². The first kappa shape index (κ1) is 17.3. The number of para-hydroxylation sites is 1. The van der Waals surface area contributed by atoms with Gasteiger partial charge in [-0.3, -0.25) is 9.62 Å². The van der Waals surface area contributed by atoms with Gasteiger partial charge in [-0.15, -0.1) is 0 Å². The lowest BCUT2D eigenvalue weighted by atomic mass is 10.1. The lowest BCUT2D eigenvalue weighted by Gasteiger charge is -2.22. The zero-order valence-corrected chi connectivity index (χ0v) is 14.8. The fraction of sp³-hybridized carbons (Fsp3) is 0.353. The van der Waals surface area contributed by atoms with Gasteiger partial charge >= 0.3 is 0 Å². The highest BCUT2D eigenvalue weighted by atomic mass is 32.2. The van der Waals surface area contributed by atoms with Gasteiger partial charge < -0.3 is 0 Å². The van der Waals surface area contributed by atoms with Crippen molar-refractivity contribution in [3.63, 3.8) is 0 Å². The summed E-state index contributed by atoms with van der Waals surface area (Å²) in [6.45, 7) is 8.32. The van der Waals surface area contributed by atoms with Gasteiger partial charge in [0.1, 0.15) is 11.1 Å². The highest BCUT2D eigenvalue weighted by Gasteiger charge is 2.25. The topological polar surface area (TPSA) is 63.6 Å². The van der Waals surface area contributed by atoms with Gasteiger partial charge in [0.15, 0.2) is 0 Å². The monoisotopic (exact) mass is 334 g/mol. The molecular weight excluding hydrogens is 310 g/mol. The number of anilines is 2. The molecule has 0 aliphatic rings. The van der Waals surface area contributed by atoms with E-state index in [1.165, 1.54) is 10.5 Å². The molecule has 23 heavy (non-hydrogen) atoms. The number of rotatable bonds is 5. The van der Waals surface area contributed by atoms with E-state index in [1.54, 1.807) is 24.3 Å². The predicted molar refractivity (Wildman–Crippen MR) is 93.0 cm³/mol. The number of pyridine rings is 1. The average molecular weight is 334 g/mol. The maximum atomic E-state index is 12.8. The summed E-state index contributed by atoms with van der Waals surface area (Å²) in [5.41, 5.74) is 0.558. The molecule has 6 heteroatoms. The van der Waals surface area contributed by atoms with Gasteiger partial charge in [-0.05, 0) is 45.9 Å². The largest absolute Gasteiger partial charge is 0.272 e. The van der Waals surface area contributed by atoms with Gasteiger partial charge in [-0.2, -0.15) is 0 Å². The zero-order chi connectivity index (χ0) is 17.1. The third kappa shape index (κ3) is 4.22. The summed E-state index contributed by atoms with van der Waals surface area (Å²) in [7, 11) is -3.59. The molecule has 0 spiro atoms. The molecule has 0 saturated carbocycles. The number of hydrogen-bond acceptors (Lipinski definition) is 3. The molecule has 0 unspecified atom stereocenters. The minimum Gasteiger partial charge on any atom is -0.270 e. The van der Waals surface area contributed by atoms with Crippen molar-refractivity contribution < 1.29 is 13.4 Å². The van der Waals surface area contributed by atoms with Crippen molar-refractivity contribution in [3.05, 3.63) is 48.7 Å². The van der Waals surface area contributed by atoms with Crippen LogP contribution in [0, 0.1) is 0 Å². The molecule has 0 radical (unpaired) electrons. The SMILES string of the molecule is CCN(c1ccccc1)S(=O)(=O)c1ccc(NC(C)(C)C)[nH+]c1. The lowest BCUT2D eigenvalue weighted by Crippen LogP contribution is -2.33. The Labute approximate surface area is 138 Å². The molecule has 2 aromatic rings. The zero-order valence-electron chi connectivity index (χ0n) is 14.0. The van der Waals surface area contributed by atoms with Crippen LogP contribution in [0.5, 0.6) is 0 Å². The highest BCUT2D eigenvalue weighted by molar-refractivity contribution is 7.92. The van der Waals surface area contributed by atoms with E-state index in [-0.39, 0.29) is 10.4 Å². The summed E-state index contributed by atoms with van der Waals surface area (Å²) in [6, 6.07) is 12.5. The Morgan fingerprint density at radius 1 is 1.09 bits per heavy atom. The van der Waals surface area contributed by atoms with E-state index in [2.05, 4.69) is 10.3 Å². The van der Waals surface area contributed by atoms with Crippen molar-refractivity contribution in [3.8, 4) is 0 Å². The number of hydrogen-bond donors (Lipinski definition) is 1. The second kappa shape index (κ2) is 6.58. The molecule has 0 fully saturated rings.